The van der Waals surface area contributed by atoms with Crippen molar-refractivity contribution in [3.8, 4) is 5.69 Å². The Morgan fingerprint density at radius 2 is 2.00 bits per heavy atom. The molecule has 4 rings (SSSR count). The molecule has 162 valence electrons. The number of carbonyl (C=O) groups is 1. The van der Waals surface area contributed by atoms with Gasteiger partial charge in [-0.05, 0) is 55.2 Å². The first-order valence-corrected chi connectivity index (χ1v) is 11.3. The van der Waals surface area contributed by atoms with Crippen LogP contribution in [0.15, 0.2) is 30.5 Å². The fourth-order valence-corrected chi connectivity index (χ4v) is 4.35. The molecule has 1 aromatic carbocycles. The number of fused-ring (bicyclic) bond motifs is 1. The van der Waals surface area contributed by atoms with Gasteiger partial charge in [0.05, 0.1) is 24.5 Å². The minimum atomic E-state index is 0.0473. The number of aromatic nitrogens is 2. The average Bonchev–Trinajstić information content (AvgIpc) is 3.18. The van der Waals surface area contributed by atoms with Crippen LogP contribution in [0.5, 0.6) is 0 Å². The molecule has 1 N–H and O–H groups in total. The molecule has 1 amide bonds. The van der Waals surface area contributed by atoms with Gasteiger partial charge in [-0.1, -0.05) is 32.9 Å². The number of nitrogens with one attached hydrogen (secondary N) is 1. The molecule has 1 aliphatic heterocycles. The standard InChI is InChI=1S/C24H34N4O2/c1-24(2,3)18-9-11-19(12-10-18)28-22-8-6-7-21(20(22)17-25-28)26-23(29)13-15-27-14-4-5-16-30-27/h9-12,17,21H,4-8,13-16H2,1-3H3,(H,26,29)/t21-/m1/s1. The fraction of sp³-hybridized carbons (Fsp3) is 0.583. The van der Waals surface area contributed by atoms with Gasteiger partial charge in [0, 0.05) is 30.8 Å². The molecular weight excluding hydrogens is 376 g/mol. The minimum Gasteiger partial charge on any atom is -0.349 e. The third kappa shape index (κ3) is 4.76. The highest BCUT2D eigenvalue weighted by Crippen LogP contribution is 2.32. The first-order chi connectivity index (χ1) is 14.4. The van der Waals surface area contributed by atoms with E-state index in [0.29, 0.717) is 13.0 Å². The van der Waals surface area contributed by atoms with Crippen molar-refractivity contribution < 1.29 is 9.63 Å². The molecule has 0 spiro atoms. The van der Waals surface area contributed by atoms with E-state index in [2.05, 4.69) is 55.5 Å². The van der Waals surface area contributed by atoms with Crippen LogP contribution in [0, 0.1) is 0 Å². The lowest BCUT2D eigenvalue weighted by Gasteiger charge is -2.27. The predicted octanol–water partition coefficient (Wildman–Crippen LogP) is 4.08. The number of amides is 1. The van der Waals surface area contributed by atoms with Crippen molar-refractivity contribution in [2.45, 2.75) is 70.8 Å². The van der Waals surface area contributed by atoms with E-state index in [1.54, 1.807) is 0 Å². The lowest BCUT2D eigenvalue weighted by molar-refractivity contribution is -0.181. The van der Waals surface area contributed by atoms with Gasteiger partial charge in [0.25, 0.3) is 0 Å². The smallest absolute Gasteiger partial charge is 0.221 e. The Morgan fingerprint density at radius 3 is 2.70 bits per heavy atom. The number of rotatable bonds is 5. The molecule has 6 nitrogen and oxygen atoms in total. The van der Waals surface area contributed by atoms with Crippen LogP contribution in [0.25, 0.3) is 5.69 Å². The van der Waals surface area contributed by atoms with Crippen LogP contribution < -0.4 is 5.32 Å². The molecular formula is C24H34N4O2. The molecule has 0 unspecified atom stereocenters. The van der Waals surface area contributed by atoms with Gasteiger partial charge >= 0.3 is 0 Å². The van der Waals surface area contributed by atoms with Gasteiger partial charge in [-0.2, -0.15) is 10.2 Å². The monoisotopic (exact) mass is 410 g/mol. The lowest BCUT2D eigenvalue weighted by Crippen LogP contribution is -2.36. The van der Waals surface area contributed by atoms with Gasteiger partial charge in [-0.3, -0.25) is 9.63 Å². The Kier molecular flexibility index (Phi) is 6.25. The summed E-state index contributed by atoms with van der Waals surface area (Å²) in [6, 6.07) is 8.72. The Labute approximate surface area is 179 Å². The summed E-state index contributed by atoms with van der Waals surface area (Å²) in [5.41, 5.74) is 4.91. The predicted molar refractivity (Wildman–Crippen MR) is 117 cm³/mol. The summed E-state index contributed by atoms with van der Waals surface area (Å²) >= 11 is 0. The van der Waals surface area contributed by atoms with Crippen LogP contribution in [0.2, 0.25) is 0 Å². The quantitative estimate of drug-likeness (QED) is 0.807. The maximum atomic E-state index is 12.6. The van der Waals surface area contributed by atoms with Gasteiger partial charge in [0.1, 0.15) is 0 Å². The molecule has 0 bridgehead atoms. The van der Waals surface area contributed by atoms with E-state index in [1.807, 2.05) is 15.9 Å². The number of hydrogen-bond donors (Lipinski definition) is 1. The summed E-state index contributed by atoms with van der Waals surface area (Å²) in [7, 11) is 0. The Balaban J connectivity index is 1.42. The first kappa shape index (κ1) is 21.1. The number of hydrogen-bond acceptors (Lipinski definition) is 4. The van der Waals surface area contributed by atoms with E-state index in [9.17, 15) is 4.79 Å². The normalized spacial score (nSPS) is 20.0. The van der Waals surface area contributed by atoms with Crippen molar-refractivity contribution in [1.29, 1.82) is 0 Å². The molecule has 2 heterocycles. The highest BCUT2D eigenvalue weighted by molar-refractivity contribution is 5.76. The molecule has 1 saturated heterocycles. The van der Waals surface area contributed by atoms with E-state index >= 15 is 0 Å². The van der Waals surface area contributed by atoms with E-state index in [-0.39, 0.29) is 17.4 Å². The van der Waals surface area contributed by atoms with Crippen LogP contribution in [0.3, 0.4) is 0 Å². The van der Waals surface area contributed by atoms with Crippen molar-refractivity contribution >= 4 is 5.91 Å². The Morgan fingerprint density at radius 1 is 1.20 bits per heavy atom. The van der Waals surface area contributed by atoms with Crippen molar-refractivity contribution in [3.63, 3.8) is 0 Å². The molecule has 1 aliphatic carbocycles. The lowest BCUT2D eigenvalue weighted by atomic mass is 9.87. The Bertz CT molecular complexity index is 860. The molecule has 1 fully saturated rings. The third-order valence-corrected chi connectivity index (χ3v) is 6.16. The SMILES string of the molecule is CC(C)(C)c1ccc(-n2ncc3c2CCC[C@H]3NC(=O)CCN2CCCCO2)cc1. The van der Waals surface area contributed by atoms with Crippen LogP contribution in [0.1, 0.15) is 75.7 Å². The number of nitrogens with zero attached hydrogens (tertiary/aromatic N) is 3. The number of carbonyl (C=O) groups excluding carboxylic acids is 1. The molecule has 2 aromatic rings. The largest absolute Gasteiger partial charge is 0.349 e. The van der Waals surface area contributed by atoms with Gasteiger partial charge in [-0.15, -0.1) is 0 Å². The number of benzene rings is 1. The summed E-state index contributed by atoms with van der Waals surface area (Å²) in [4.78, 5) is 18.1. The second kappa shape index (κ2) is 8.90. The molecule has 0 radical (unpaired) electrons. The zero-order valence-corrected chi connectivity index (χ0v) is 18.5. The van der Waals surface area contributed by atoms with Gasteiger partial charge < -0.3 is 5.32 Å². The highest BCUT2D eigenvalue weighted by Gasteiger charge is 2.26. The van der Waals surface area contributed by atoms with Crippen molar-refractivity contribution in [2.24, 2.45) is 0 Å². The topological polar surface area (TPSA) is 59.4 Å². The summed E-state index contributed by atoms with van der Waals surface area (Å²) in [5, 5.41) is 9.83. The van der Waals surface area contributed by atoms with E-state index in [1.165, 1.54) is 11.3 Å². The first-order valence-electron chi connectivity index (χ1n) is 11.3. The zero-order valence-electron chi connectivity index (χ0n) is 18.5. The number of hydroxylamine groups is 2. The summed E-state index contributed by atoms with van der Waals surface area (Å²) < 4.78 is 2.04. The van der Waals surface area contributed by atoms with Crippen molar-refractivity contribution in [3.05, 3.63) is 47.3 Å². The van der Waals surface area contributed by atoms with Gasteiger partial charge in [0.15, 0.2) is 0 Å². The maximum Gasteiger partial charge on any atom is 0.221 e. The minimum absolute atomic E-state index is 0.0473. The molecule has 30 heavy (non-hydrogen) atoms. The second-order valence-electron chi connectivity index (χ2n) is 9.49. The summed E-state index contributed by atoms with van der Waals surface area (Å²) in [6.07, 6.45) is 7.66. The molecule has 1 atom stereocenters. The van der Waals surface area contributed by atoms with Gasteiger partial charge in [-0.25, -0.2) is 4.68 Å². The van der Waals surface area contributed by atoms with Crippen molar-refractivity contribution in [1.82, 2.24) is 20.2 Å². The summed E-state index contributed by atoms with van der Waals surface area (Å²) in [5.74, 6) is 0.0873. The summed E-state index contributed by atoms with van der Waals surface area (Å²) in [6.45, 7) is 9.02. The van der Waals surface area contributed by atoms with E-state index in [0.717, 1.165) is 56.5 Å². The molecule has 1 aromatic heterocycles. The van der Waals surface area contributed by atoms with Crippen LogP contribution in [-0.4, -0.2) is 40.4 Å². The van der Waals surface area contributed by atoms with Crippen LogP contribution in [-0.2, 0) is 21.5 Å². The van der Waals surface area contributed by atoms with Crippen LogP contribution in [0.4, 0.5) is 0 Å². The Hall–Kier alpha value is -2.18. The zero-order chi connectivity index (χ0) is 21.1. The molecule has 0 saturated carbocycles. The third-order valence-electron chi connectivity index (χ3n) is 6.16. The maximum absolute atomic E-state index is 12.6. The van der Waals surface area contributed by atoms with E-state index < -0.39 is 0 Å². The fourth-order valence-electron chi connectivity index (χ4n) is 4.35. The average molecular weight is 411 g/mol. The highest BCUT2D eigenvalue weighted by atomic mass is 16.7. The molecule has 2 aliphatic rings. The van der Waals surface area contributed by atoms with Gasteiger partial charge in [0.2, 0.25) is 5.91 Å². The molecule has 6 heteroatoms. The van der Waals surface area contributed by atoms with Crippen molar-refractivity contribution in [2.75, 3.05) is 19.7 Å². The second-order valence-corrected chi connectivity index (χ2v) is 9.49. The van der Waals surface area contributed by atoms with Crippen LogP contribution >= 0.6 is 0 Å². The van der Waals surface area contributed by atoms with E-state index in [4.69, 9.17) is 4.84 Å².